The van der Waals surface area contributed by atoms with Crippen LogP contribution in [-0.2, 0) is 9.53 Å². The van der Waals surface area contributed by atoms with Gasteiger partial charge >= 0.3 is 5.97 Å². The van der Waals surface area contributed by atoms with Gasteiger partial charge in [-0.2, -0.15) is 0 Å². The first-order valence-electron chi connectivity index (χ1n) is 9.86. The monoisotopic (exact) mass is 484 g/mol. The molecule has 34 heavy (non-hydrogen) atoms. The third-order valence-corrected chi connectivity index (χ3v) is 5.73. The van der Waals surface area contributed by atoms with E-state index in [0.717, 1.165) is 23.0 Å². The van der Waals surface area contributed by atoms with Gasteiger partial charge in [0.25, 0.3) is 5.91 Å². The van der Waals surface area contributed by atoms with E-state index in [1.165, 1.54) is 12.1 Å². The normalized spacial score (nSPS) is 10.8. The highest BCUT2D eigenvalue weighted by Gasteiger charge is 2.21. The van der Waals surface area contributed by atoms with Crippen LogP contribution < -0.4 is 5.32 Å². The molecule has 0 radical (unpaired) electrons. The Morgan fingerprint density at radius 3 is 2.35 bits per heavy atom. The average Bonchev–Trinajstić information content (AvgIpc) is 3.23. The molecule has 172 valence electrons. The number of fused-ring (bicyclic) bond motifs is 1. The van der Waals surface area contributed by atoms with Crippen LogP contribution in [0, 0.1) is 24.4 Å². The average molecular weight is 484 g/mol. The van der Waals surface area contributed by atoms with Gasteiger partial charge in [-0.3, -0.25) is 14.9 Å². The molecule has 1 aromatic heterocycles. The number of hydrogen-bond acceptors (Lipinski definition) is 6. The largest absolute Gasteiger partial charge is 0.452 e. The summed E-state index contributed by atoms with van der Waals surface area (Å²) in [6.45, 7) is 1.15. The smallest absolute Gasteiger partial charge is 0.339 e. The molecule has 0 aliphatic rings. The van der Waals surface area contributed by atoms with E-state index in [-0.39, 0.29) is 26.7 Å². The predicted molar refractivity (Wildman–Crippen MR) is 119 cm³/mol. The van der Waals surface area contributed by atoms with Crippen molar-refractivity contribution in [3.63, 3.8) is 0 Å². The van der Waals surface area contributed by atoms with E-state index in [2.05, 4.69) is 10.3 Å². The lowest BCUT2D eigenvalue weighted by Gasteiger charge is -2.09. The van der Waals surface area contributed by atoms with Crippen LogP contribution in [0.15, 0.2) is 54.6 Å². The topological polar surface area (TPSA) is 85.4 Å². The van der Waals surface area contributed by atoms with Crippen LogP contribution in [-0.4, -0.2) is 29.3 Å². The first-order valence-corrected chi connectivity index (χ1v) is 10.7. The summed E-state index contributed by atoms with van der Waals surface area (Å²) < 4.78 is 45.6. The Bertz CT molecular complexity index is 1430. The fourth-order valence-corrected chi connectivity index (χ4v) is 4.02. The van der Waals surface area contributed by atoms with Gasteiger partial charge in [0, 0.05) is 11.1 Å². The number of carbonyl (C=O) groups excluding carboxylic acids is 3. The minimum Gasteiger partial charge on any atom is -0.452 e. The minimum atomic E-state index is -1.66. The lowest BCUT2D eigenvalue weighted by molar-refractivity contribution is -0.119. The number of ketones is 1. The van der Waals surface area contributed by atoms with Crippen LogP contribution in [0.25, 0.3) is 10.2 Å². The number of aryl methyl sites for hydroxylation is 1. The Kier molecular flexibility index (Phi) is 6.42. The number of nitrogens with one attached hydrogen (secondary N) is 1. The van der Waals surface area contributed by atoms with Gasteiger partial charge in [0.15, 0.2) is 35.0 Å². The number of ether oxygens (including phenoxy) is 1. The molecule has 10 heteroatoms. The summed E-state index contributed by atoms with van der Waals surface area (Å²) in [5.41, 5.74) is 1.03. The summed E-state index contributed by atoms with van der Waals surface area (Å²) in [4.78, 5) is 41.3. The summed E-state index contributed by atoms with van der Waals surface area (Å²) >= 11 is 0.723. The zero-order chi connectivity index (χ0) is 24.4. The molecule has 0 aliphatic heterocycles. The third-order valence-electron chi connectivity index (χ3n) is 4.81. The molecule has 0 unspecified atom stereocenters. The minimum absolute atomic E-state index is 0.00718. The molecule has 0 atom stereocenters. The van der Waals surface area contributed by atoms with Crippen LogP contribution in [0.5, 0.6) is 0 Å². The van der Waals surface area contributed by atoms with Crippen molar-refractivity contribution in [2.24, 2.45) is 0 Å². The number of nitrogens with zero attached hydrogens (tertiary/aromatic N) is 1. The second-order valence-electron chi connectivity index (χ2n) is 7.22. The molecule has 1 heterocycles. The van der Waals surface area contributed by atoms with E-state index in [1.54, 1.807) is 36.4 Å². The van der Waals surface area contributed by atoms with Crippen molar-refractivity contribution in [3.05, 3.63) is 94.3 Å². The summed E-state index contributed by atoms with van der Waals surface area (Å²) in [5.74, 6) is -6.59. The molecule has 0 aliphatic carbocycles. The fraction of sp³-hybridized carbons (Fsp3) is 0.0833. The molecule has 4 aromatic rings. The van der Waals surface area contributed by atoms with Gasteiger partial charge in [0.05, 0.1) is 10.3 Å². The van der Waals surface area contributed by atoms with Crippen molar-refractivity contribution in [3.8, 4) is 0 Å². The highest BCUT2D eigenvalue weighted by molar-refractivity contribution is 7.22. The molecule has 1 amide bonds. The molecule has 0 spiro atoms. The van der Waals surface area contributed by atoms with Gasteiger partial charge in [-0.25, -0.2) is 22.9 Å². The van der Waals surface area contributed by atoms with Crippen molar-refractivity contribution < 1.29 is 32.3 Å². The lowest BCUT2D eigenvalue weighted by Crippen LogP contribution is -2.22. The van der Waals surface area contributed by atoms with Crippen LogP contribution in [0.4, 0.5) is 18.3 Å². The number of hydrogen-bond donors (Lipinski definition) is 1. The van der Waals surface area contributed by atoms with Gasteiger partial charge in [-0.05, 0) is 19.1 Å². The van der Waals surface area contributed by atoms with Crippen molar-refractivity contribution in [2.45, 2.75) is 6.92 Å². The molecule has 0 saturated heterocycles. The number of amides is 1. The highest BCUT2D eigenvalue weighted by Crippen LogP contribution is 2.30. The first kappa shape index (κ1) is 23.1. The van der Waals surface area contributed by atoms with Crippen LogP contribution in [0.2, 0.25) is 0 Å². The number of thiazole rings is 1. The first-order chi connectivity index (χ1) is 16.2. The number of esters is 1. The molecule has 0 bridgehead atoms. The SMILES string of the molecule is Cc1ccc(C(=O)c2ccccc2C(=O)OCC(=O)Nc2nc3c(F)c(F)c(F)cc3s2)cc1. The molecule has 0 fully saturated rings. The molecule has 0 saturated carbocycles. The lowest BCUT2D eigenvalue weighted by atomic mass is 9.98. The Morgan fingerprint density at radius 1 is 0.971 bits per heavy atom. The van der Waals surface area contributed by atoms with E-state index < -0.39 is 41.5 Å². The van der Waals surface area contributed by atoms with Crippen LogP contribution >= 0.6 is 11.3 Å². The molecular weight excluding hydrogens is 469 g/mol. The third kappa shape index (κ3) is 4.67. The van der Waals surface area contributed by atoms with Gasteiger partial charge in [0.1, 0.15) is 5.52 Å². The Hall–Kier alpha value is -4.05. The van der Waals surface area contributed by atoms with Crippen molar-refractivity contribution >= 4 is 44.3 Å². The quantitative estimate of drug-likeness (QED) is 0.235. The van der Waals surface area contributed by atoms with E-state index >= 15 is 0 Å². The molecule has 3 aromatic carbocycles. The van der Waals surface area contributed by atoms with E-state index in [9.17, 15) is 27.6 Å². The van der Waals surface area contributed by atoms with Crippen molar-refractivity contribution in [2.75, 3.05) is 11.9 Å². The summed E-state index contributed by atoms with van der Waals surface area (Å²) in [6.07, 6.45) is 0. The number of anilines is 1. The number of halogens is 3. The predicted octanol–water partition coefficient (Wildman–Crippen LogP) is 5.05. The van der Waals surface area contributed by atoms with Crippen molar-refractivity contribution in [1.82, 2.24) is 4.98 Å². The van der Waals surface area contributed by atoms with Gasteiger partial charge < -0.3 is 4.74 Å². The maximum Gasteiger partial charge on any atom is 0.339 e. The van der Waals surface area contributed by atoms with Gasteiger partial charge in [-0.1, -0.05) is 59.4 Å². The summed E-state index contributed by atoms with van der Waals surface area (Å²) in [5, 5.41) is 2.16. The Balaban J connectivity index is 1.45. The zero-order valence-electron chi connectivity index (χ0n) is 17.5. The Labute approximate surface area is 195 Å². The second-order valence-corrected chi connectivity index (χ2v) is 8.25. The zero-order valence-corrected chi connectivity index (χ0v) is 18.3. The van der Waals surface area contributed by atoms with E-state index in [4.69, 9.17) is 4.74 Å². The maximum absolute atomic E-state index is 13.8. The number of aromatic nitrogens is 1. The fourth-order valence-electron chi connectivity index (χ4n) is 3.11. The van der Waals surface area contributed by atoms with E-state index in [1.807, 2.05) is 6.92 Å². The molecular formula is C24H15F3N2O4S. The molecule has 1 N–H and O–H groups in total. The van der Waals surface area contributed by atoms with E-state index in [0.29, 0.717) is 5.56 Å². The van der Waals surface area contributed by atoms with Gasteiger partial charge in [-0.15, -0.1) is 0 Å². The highest BCUT2D eigenvalue weighted by atomic mass is 32.1. The molecule has 4 rings (SSSR count). The maximum atomic E-state index is 13.8. The second kappa shape index (κ2) is 9.44. The van der Waals surface area contributed by atoms with Gasteiger partial charge in [0.2, 0.25) is 0 Å². The number of carbonyl (C=O) groups is 3. The van der Waals surface area contributed by atoms with Crippen molar-refractivity contribution in [1.29, 1.82) is 0 Å². The van der Waals surface area contributed by atoms with Crippen LogP contribution in [0.1, 0.15) is 31.8 Å². The number of benzene rings is 3. The Morgan fingerprint density at radius 2 is 1.65 bits per heavy atom. The molecule has 6 nitrogen and oxygen atoms in total. The summed E-state index contributed by atoms with van der Waals surface area (Å²) in [7, 11) is 0. The van der Waals surface area contributed by atoms with Crippen LogP contribution in [0.3, 0.4) is 0 Å². The number of rotatable bonds is 6. The standard InChI is InChI=1S/C24H15F3N2O4S/c1-12-6-8-13(9-7-12)22(31)14-4-2-3-5-15(14)23(32)33-11-18(30)28-24-29-21-17(34-24)10-16(25)19(26)20(21)27/h2-10H,11H2,1H3,(H,28,29,30). The summed E-state index contributed by atoms with van der Waals surface area (Å²) in [6, 6.07) is 13.6.